The maximum atomic E-state index is 12.1. The summed E-state index contributed by atoms with van der Waals surface area (Å²) in [7, 11) is 0. The standard InChI is InChI=1S/C12H26N2O2/c1-5-11(4,8-9-15)14-10(16)12(13,6-2)7-3/h15H,5-9,13H2,1-4H3,(H,14,16). The van der Waals surface area contributed by atoms with E-state index in [-0.39, 0.29) is 18.1 Å². The molecule has 1 atom stereocenters. The van der Waals surface area contributed by atoms with E-state index in [1.165, 1.54) is 0 Å². The molecular weight excluding hydrogens is 204 g/mol. The summed E-state index contributed by atoms with van der Waals surface area (Å²) in [5.41, 5.74) is 4.88. The molecule has 0 spiro atoms. The molecule has 0 aliphatic heterocycles. The van der Waals surface area contributed by atoms with Gasteiger partial charge in [-0.05, 0) is 32.6 Å². The zero-order chi connectivity index (χ0) is 12.8. The molecule has 0 fully saturated rings. The minimum atomic E-state index is -0.786. The Bertz CT molecular complexity index is 227. The van der Waals surface area contributed by atoms with E-state index in [1.807, 2.05) is 27.7 Å². The van der Waals surface area contributed by atoms with Crippen LogP contribution in [0.25, 0.3) is 0 Å². The molecule has 0 aliphatic carbocycles. The number of hydrogen-bond acceptors (Lipinski definition) is 3. The summed E-state index contributed by atoms with van der Waals surface area (Å²) in [6, 6.07) is 0. The summed E-state index contributed by atoms with van der Waals surface area (Å²) in [6.45, 7) is 7.83. The van der Waals surface area contributed by atoms with Crippen LogP contribution in [-0.4, -0.2) is 28.7 Å². The van der Waals surface area contributed by atoms with Crippen LogP contribution in [0.2, 0.25) is 0 Å². The molecule has 0 heterocycles. The second-order valence-corrected chi connectivity index (χ2v) is 4.71. The molecule has 0 aromatic rings. The van der Waals surface area contributed by atoms with Crippen molar-refractivity contribution in [3.8, 4) is 0 Å². The van der Waals surface area contributed by atoms with E-state index in [0.29, 0.717) is 19.3 Å². The fourth-order valence-corrected chi connectivity index (χ4v) is 1.54. The van der Waals surface area contributed by atoms with E-state index < -0.39 is 5.54 Å². The van der Waals surface area contributed by atoms with Crippen LogP contribution in [0.3, 0.4) is 0 Å². The predicted octanol–water partition coefficient (Wildman–Crippen LogP) is 1.17. The van der Waals surface area contributed by atoms with Gasteiger partial charge >= 0.3 is 0 Å². The van der Waals surface area contributed by atoms with E-state index in [2.05, 4.69) is 5.32 Å². The number of hydrogen-bond donors (Lipinski definition) is 3. The zero-order valence-corrected chi connectivity index (χ0v) is 11.0. The van der Waals surface area contributed by atoms with E-state index >= 15 is 0 Å². The molecule has 0 bridgehead atoms. The lowest BCUT2D eigenvalue weighted by molar-refractivity contribution is -0.128. The van der Waals surface area contributed by atoms with Crippen LogP contribution in [0.4, 0.5) is 0 Å². The molecule has 16 heavy (non-hydrogen) atoms. The van der Waals surface area contributed by atoms with Crippen molar-refractivity contribution in [1.82, 2.24) is 5.32 Å². The van der Waals surface area contributed by atoms with Gasteiger partial charge in [-0.25, -0.2) is 0 Å². The molecule has 0 saturated carbocycles. The fourth-order valence-electron chi connectivity index (χ4n) is 1.54. The molecule has 0 radical (unpaired) electrons. The van der Waals surface area contributed by atoms with Crippen LogP contribution in [0.15, 0.2) is 0 Å². The molecule has 0 aromatic heterocycles. The van der Waals surface area contributed by atoms with Crippen molar-refractivity contribution in [2.75, 3.05) is 6.61 Å². The average Bonchev–Trinajstić information content (AvgIpc) is 2.28. The van der Waals surface area contributed by atoms with Gasteiger partial charge in [-0.1, -0.05) is 20.8 Å². The summed E-state index contributed by atoms with van der Waals surface area (Å²) in [5, 5.41) is 11.9. The molecule has 4 N–H and O–H groups in total. The molecule has 1 amide bonds. The Hall–Kier alpha value is -0.610. The molecular formula is C12H26N2O2. The molecule has 0 saturated heterocycles. The molecule has 0 aliphatic rings. The van der Waals surface area contributed by atoms with Crippen LogP contribution in [0, 0.1) is 0 Å². The quantitative estimate of drug-likeness (QED) is 0.614. The molecule has 96 valence electrons. The number of amides is 1. The van der Waals surface area contributed by atoms with Crippen molar-refractivity contribution in [1.29, 1.82) is 0 Å². The SMILES string of the molecule is CCC(C)(CCO)NC(=O)C(N)(CC)CC. The predicted molar refractivity (Wildman–Crippen MR) is 66.0 cm³/mol. The number of nitrogens with two attached hydrogens (primary N) is 1. The van der Waals surface area contributed by atoms with E-state index in [0.717, 1.165) is 6.42 Å². The van der Waals surface area contributed by atoms with Crippen molar-refractivity contribution in [3.05, 3.63) is 0 Å². The molecule has 0 rings (SSSR count). The van der Waals surface area contributed by atoms with Gasteiger partial charge < -0.3 is 16.2 Å². The number of aliphatic hydroxyl groups is 1. The van der Waals surface area contributed by atoms with Gasteiger partial charge in [-0.2, -0.15) is 0 Å². The highest BCUT2D eigenvalue weighted by Crippen LogP contribution is 2.18. The summed E-state index contributed by atoms with van der Waals surface area (Å²) < 4.78 is 0. The number of carbonyl (C=O) groups excluding carboxylic acids is 1. The first-order chi connectivity index (χ1) is 7.37. The van der Waals surface area contributed by atoms with Crippen molar-refractivity contribution >= 4 is 5.91 Å². The Labute approximate surface area is 98.6 Å². The lowest BCUT2D eigenvalue weighted by Crippen LogP contribution is -2.59. The second-order valence-electron chi connectivity index (χ2n) is 4.71. The first kappa shape index (κ1) is 15.4. The lowest BCUT2D eigenvalue weighted by Gasteiger charge is -2.34. The van der Waals surface area contributed by atoms with Crippen LogP contribution in [-0.2, 0) is 4.79 Å². The van der Waals surface area contributed by atoms with Gasteiger partial charge in [0.1, 0.15) is 0 Å². The number of rotatable bonds is 7. The maximum absolute atomic E-state index is 12.1. The van der Waals surface area contributed by atoms with Gasteiger partial charge in [-0.3, -0.25) is 4.79 Å². The van der Waals surface area contributed by atoms with E-state index in [1.54, 1.807) is 0 Å². The minimum absolute atomic E-state index is 0.0699. The Balaban J connectivity index is 4.63. The van der Waals surface area contributed by atoms with Crippen molar-refractivity contribution < 1.29 is 9.90 Å². The van der Waals surface area contributed by atoms with Gasteiger partial charge in [0, 0.05) is 12.1 Å². The summed E-state index contributed by atoms with van der Waals surface area (Å²) in [4.78, 5) is 12.1. The number of carbonyl (C=O) groups is 1. The van der Waals surface area contributed by atoms with Gasteiger partial charge in [0.2, 0.25) is 5.91 Å². The zero-order valence-electron chi connectivity index (χ0n) is 11.0. The molecule has 0 aromatic carbocycles. The van der Waals surface area contributed by atoms with E-state index in [9.17, 15) is 4.79 Å². The van der Waals surface area contributed by atoms with Crippen molar-refractivity contribution in [3.63, 3.8) is 0 Å². The first-order valence-electron chi connectivity index (χ1n) is 6.09. The lowest BCUT2D eigenvalue weighted by atomic mass is 9.89. The number of nitrogens with one attached hydrogen (secondary N) is 1. The monoisotopic (exact) mass is 230 g/mol. The minimum Gasteiger partial charge on any atom is -0.396 e. The topological polar surface area (TPSA) is 75.3 Å². The van der Waals surface area contributed by atoms with Gasteiger partial charge in [0.15, 0.2) is 0 Å². The van der Waals surface area contributed by atoms with Crippen LogP contribution >= 0.6 is 0 Å². The van der Waals surface area contributed by atoms with Crippen LogP contribution in [0.1, 0.15) is 53.4 Å². The third-order valence-corrected chi connectivity index (χ3v) is 3.57. The summed E-state index contributed by atoms with van der Waals surface area (Å²) >= 11 is 0. The third kappa shape index (κ3) is 3.76. The van der Waals surface area contributed by atoms with Crippen LogP contribution < -0.4 is 11.1 Å². The van der Waals surface area contributed by atoms with Crippen molar-refractivity contribution in [2.45, 2.75) is 64.5 Å². The average molecular weight is 230 g/mol. The third-order valence-electron chi connectivity index (χ3n) is 3.57. The fraction of sp³-hybridized carbons (Fsp3) is 0.917. The Morgan fingerprint density at radius 2 is 1.75 bits per heavy atom. The smallest absolute Gasteiger partial charge is 0.240 e. The highest BCUT2D eigenvalue weighted by Gasteiger charge is 2.34. The molecule has 4 nitrogen and oxygen atoms in total. The molecule has 1 unspecified atom stereocenters. The summed E-state index contributed by atoms with van der Waals surface area (Å²) in [5.74, 6) is -0.115. The largest absolute Gasteiger partial charge is 0.396 e. The van der Waals surface area contributed by atoms with Gasteiger partial charge in [0.25, 0.3) is 0 Å². The Kier molecular flexibility index (Phi) is 5.97. The second kappa shape index (κ2) is 6.21. The Morgan fingerprint density at radius 3 is 2.06 bits per heavy atom. The first-order valence-corrected chi connectivity index (χ1v) is 6.09. The highest BCUT2D eigenvalue weighted by molar-refractivity contribution is 5.86. The number of aliphatic hydroxyl groups excluding tert-OH is 1. The van der Waals surface area contributed by atoms with Gasteiger partial charge in [0.05, 0.1) is 5.54 Å². The Morgan fingerprint density at radius 1 is 1.25 bits per heavy atom. The van der Waals surface area contributed by atoms with Crippen molar-refractivity contribution in [2.24, 2.45) is 5.73 Å². The highest BCUT2D eigenvalue weighted by atomic mass is 16.3. The normalized spacial score (nSPS) is 15.6. The van der Waals surface area contributed by atoms with E-state index in [4.69, 9.17) is 10.8 Å². The van der Waals surface area contributed by atoms with Gasteiger partial charge in [-0.15, -0.1) is 0 Å². The summed E-state index contributed by atoms with van der Waals surface area (Å²) in [6.07, 6.45) is 2.57. The molecule has 4 heteroatoms. The van der Waals surface area contributed by atoms with Crippen LogP contribution in [0.5, 0.6) is 0 Å². The maximum Gasteiger partial charge on any atom is 0.240 e.